The van der Waals surface area contributed by atoms with Gasteiger partial charge in [-0.15, -0.1) is 0 Å². The van der Waals surface area contributed by atoms with Gasteiger partial charge in [0.1, 0.15) is 23.2 Å². The highest BCUT2D eigenvalue weighted by atomic mass is 16.5. The van der Waals surface area contributed by atoms with Crippen molar-refractivity contribution in [3.63, 3.8) is 0 Å². The van der Waals surface area contributed by atoms with Crippen LogP contribution in [0, 0.1) is 5.41 Å². The van der Waals surface area contributed by atoms with E-state index >= 15 is 0 Å². The maximum atomic E-state index is 13.4. The first kappa shape index (κ1) is 28.3. The normalized spacial score (nSPS) is 14.6. The lowest BCUT2D eigenvalue weighted by Gasteiger charge is -2.29. The van der Waals surface area contributed by atoms with Gasteiger partial charge in [-0.3, -0.25) is 4.79 Å². The first-order chi connectivity index (χ1) is 18.3. The average Bonchev–Trinajstić information content (AvgIpc) is 3.38. The number of ether oxygens (including phenoxy) is 2. The maximum absolute atomic E-state index is 13.4. The van der Waals surface area contributed by atoms with Crippen molar-refractivity contribution >= 4 is 22.6 Å². The van der Waals surface area contributed by atoms with Crippen LogP contribution >= 0.6 is 0 Å². The van der Waals surface area contributed by atoms with Gasteiger partial charge in [0.05, 0.1) is 12.8 Å². The van der Waals surface area contributed by atoms with Gasteiger partial charge in [0.25, 0.3) is 5.91 Å². The van der Waals surface area contributed by atoms with Crippen molar-refractivity contribution in [2.75, 3.05) is 7.11 Å². The second-order valence-electron chi connectivity index (χ2n) is 12.4. The number of rotatable bonds is 7. The summed E-state index contributed by atoms with van der Waals surface area (Å²) in [6.45, 7) is 12.2. The lowest BCUT2D eigenvalue weighted by Crippen LogP contribution is -2.49. The topological polar surface area (TPSA) is 77.5 Å². The molecule has 0 unspecified atom stereocenters. The minimum absolute atomic E-state index is 0.0659. The minimum atomic E-state index is -0.806. The molecule has 0 fully saturated rings. The number of amides is 1. The second-order valence-corrected chi connectivity index (χ2v) is 12.4. The van der Waals surface area contributed by atoms with E-state index in [2.05, 4.69) is 44.3 Å². The Balaban J connectivity index is 1.69. The molecule has 1 aliphatic rings. The Bertz CT molecular complexity index is 1390. The summed E-state index contributed by atoms with van der Waals surface area (Å²) in [4.78, 5) is 30.6. The van der Waals surface area contributed by atoms with E-state index in [1.807, 2.05) is 51.1 Å². The number of nitrogens with zero attached hydrogens (tertiary/aromatic N) is 1. The summed E-state index contributed by atoms with van der Waals surface area (Å²) in [5, 5.41) is 4.70. The van der Waals surface area contributed by atoms with Gasteiger partial charge in [0.15, 0.2) is 0 Å². The molecule has 0 radical (unpaired) electrons. The molecule has 1 aromatic heterocycles. The van der Waals surface area contributed by atoms with Crippen LogP contribution in [0.5, 0.6) is 11.5 Å². The van der Waals surface area contributed by atoms with E-state index in [4.69, 9.17) is 14.5 Å². The SMILES string of the molecule is COC(=O)[C@@H](NC(=O)c1cc2cc(Oc3ccc(C(C)(C)C)cc3)ccc2c(CC2=CCCC2)n1)C(C)(C)C. The Labute approximate surface area is 231 Å². The largest absolute Gasteiger partial charge is 0.467 e. The van der Waals surface area contributed by atoms with Gasteiger partial charge in [0.2, 0.25) is 0 Å². The van der Waals surface area contributed by atoms with Crippen LogP contribution in [0.4, 0.5) is 0 Å². The highest BCUT2D eigenvalue weighted by molar-refractivity contribution is 5.99. The fourth-order valence-corrected chi connectivity index (χ4v) is 4.85. The van der Waals surface area contributed by atoms with Crippen molar-refractivity contribution in [1.82, 2.24) is 10.3 Å². The van der Waals surface area contributed by atoms with Crippen LogP contribution in [0.3, 0.4) is 0 Å². The summed E-state index contributed by atoms with van der Waals surface area (Å²) < 4.78 is 11.1. The summed E-state index contributed by atoms with van der Waals surface area (Å²) in [5.74, 6) is 0.530. The van der Waals surface area contributed by atoms with Gasteiger partial charge < -0.3 is 14.8 Å². The number of hydrogen-bond donors (Lipinski definition) is 1. The molecule has 4 rings (SSSR count). The lowest BCUT2D eigenvalue weighted by molar-refractivity contribution is -0.145. The van der Waals surface area contributed by atoms with Crippen LogP contribution in [0.2, 0.25) is 0 Å². The van der Waals surface area contributed by atoms with Gasteiger partial charge in [0, 0.05) is 11.8 Å². The summed E-state index contributed by atoms with van der Waals surface area (Å²) in [5.41, 5.74) is 3.22. The third-order valence-electron chi connectivity index (χ3n) is 7.18. The van der Waals surface area contributed by atoms with Crippen molar-refractivity contribution < 1.29 is 19.1 Å². The van der Waals surface area contributed by atoms with Crippen molar-refractivity contribution in [1.29, 1.82) is 0 Å². The van der Waals surface area contributed by atoms with Crippen LogP contribution in [0.1, 0.15) is 82.6 Å². The monoisotopic (exact) mass is 528 g/mol. The number of methoxy groups -OCH3 is 1. The number of benzene rings is 2. The van der Waals surface area contributed by atoms with E-state index in [0.29, 0.717) is 12.2 Å². The number of fused-ring (bicyclic) bond motifs is 1. The first-order valence-corrected chi connectivity index (χ1v) is 13.6. The number of aromatic nitrogens is 1. The molecule has 1 aliphatic carbocycles. The number of carbonyl (C=O) groups is 2. The molecule has 6 nitrogen and oxygen atoms in total. The van der Waals surface area contributed by atoms with Crippen molar-refractivity contribution in [2.24, 2.45) is 5.41 Å². The number of allylic oxidation sites excluding steroid dienone is 2. The number of hydrogen-bond acceptors (Lipinski definition) is 5. The second kappa shape index (κ2) is 11.2. The van der Waals surface area contributed by atoms with Crippen LogP contribution in [-0.4, -0.2) is 30.0 Å². The molecule has 1 amide bonds. The van der Waals surface area contributed by atoms with E-state index in [1.54, 1.807) is 6.07 Å². The molecule has 0 saturated heterocycles. The summed E-state index contributed by atoms with van der Waals surface area (Å²) in [6.07, 6.45) is 6.22. The standard InChI is InChI=1S/C33H40N2O4/c1-32(2,3)23-12-14-24(15-13-23)39-25-16-17-26-22(19-25)20-28(34-27(26)18-21-10-8-9-11-21)30(36)35-29(31(37)38-7)33(4,5)6/h10,12-17,19-20,29H,8-9,11,18H2,1-7H3,(H,35,36)/t29-/m1/s1. The Morgan fingerprint density at radius 1 is 0.974 bits per heavy atom. The third-order valence-corrected chi connectivity index (χ3v) is 7.18. The summed E-state index contributed by atoms with van der Waals surface area (Å²) in [6, 6.07) is 15.0. The average molecular weight is 529 g/mol. The molecule has 3 aromatic rings. The molecule has 0 bridgehead atoms. The first-order valence-electron chi connectivity index (χ1n) is 13.6. The Morgan fingerprint density at radius 3 is 2.26 bits per heavy atom. The van der Waals surface area contributed by atoms with Gasteiger partial charge >= 0.3 is 5.97 Å². The Morgan fingerprint density at radius 2 is 1.67 bits per heavy atom. The molecular formula is C33H40N2O4. The molecule has 0 aliphatic heterocycles. The molecule has 1 atom stereocenters. The fourth-order valence-electron chi connectivity index (χ4n) is 4.85. The van der Waals surface area contributed by atoms with Gasteiger partial charge in [-0.25, -0.2) is 9.78 Å². The predicted octanol–water partition coefficient (Wildman–Crippen LogP) is 7.29. The predicted molar refractivity (Wildman–Crippen MR) is 155 cm³/mol. The molecule has 1 N–H and O–H groups in total. The van der Waals surface area contributed by atoms with Crippen LogP contribution < -0.4 is 10.1 Å². The zero-order valence-electron chi connectivity index (χ0n) is 24.2. The van der Waals surface area contributed by atoms with E-state index in [1.165, 1.54) is 18.2 Å². The zero-order valence-corrected chi connectivity index (χ0v) is 24.2. The van der Waals surface area contributed by atoms with Crippen LogP contribution in [-0.2, 0) is 21.4 Å². The molecule has 0 saturated carbocycles. The lowest BCUT2D eigenvalue weighted by atomic mass is 9.86. The molecule has 6 heteroatoms. The third kappa shape index (κ3) is 6.86. The number of pyridine rings is 1. The molecular weight excluding hydrogens is 488 g/mol. The number of esters is 1. The maximum Gasteiger partial charge on any atom is 0.328 e. The minimum Gasteiger partial charge on any atom is -0.467 e. The number of nitrogens with one attached hydrogen (secondary N) is 1. The van der Waals surface area contributed by atoms with E-state index in [9.17, 15) is 9.59 Å². The smallest absolute Gasteiger partial charge is 0.328 e. The van der Waals surface area contributed by atoms with Crippen molar-refractivity contribution in [2.45, 2.75) is 78.7 Å². The number of carbonyl (C=O) groups excluding carboxylic acids is 2. The molecule has 2 aromatic carbocycles. The fraction of sp³-hybridized carbons (Fsp3) is 0.424. The van der Waals surface area contributed by atoms with E-state index in [0.717, 1.165) is 41.5 Å². The zero-order chi connectivity index (χ0) is 28.4. The summed E-state index contributed by atoms with van der Waals surface area (Å²) in [7, 11) is 1.33. The van der Waals surface area contributed by atoms with Gasteiger partial charge in [-0.2, -0.15) is 0 Å². The van der Waals surface area contributed by atoms with Gasteiger partial charge in [-0.05, 0) is 77.4 Å². The van der Waals surface area contributed by atoms with Crippen molar-refractivity contribution in [3.8, 4) is 11.5 Å². The molecule has 39 heavy (non-hydrogen) atoms. The highest BCUT2D eigenvalue weighted by Crippen LogP contribution is 2.32. The molecule has 1 heterocycles. The van der Waals surface area contributed by atoms with E-state index < -0.39 is 23.3 Å². The summed E-state index contributed by atoms with van der Waals surface area (Å²) >= 11 is 0. The molecule has 0 spiro atoms. The Hall–Kier alpha value is -3.67. The quantitative estimate of drug-likeness (QED) is 0.257. The van der Waals surface area contributed by atoms with E-state index in [-0.39, 0.29) is 11.1 Å². The van der Waals surface area contributed by atoms with Crippen LogP contribution in [0.25, 0.3) is 10.8 Å². The van der Waals surface area contributed by atoms with Crippen LogP contribution in [0.15, 0.2) is 60.2 Å². The van der Waals surface area contributed by atoms with Gasteiger partial charge in [-0.1, -0.05) is 65.3 Å². The molecule has 206 valence electrons. The Kier molecular flexibility index (Phi) is 8.15. The highest BCUT2D eigenvalue weighted by Gasteiger charge is 2.34. The van der Waals surface area contributed by atoms with Crippen molar-refractivity contribution in [3.05, 3.63) is 77.1 Å².